The third-order valence-corrected chi connectivity index (χ3v) is 2.77. The van der Waals surface area contributed by atoms with Gasteiger partial charge in [0, 0.05) is 6.07 Å². The summed E-state index contributed by atoms with van der Waals surface area (Å²) in [5, 5.41) is 8.33. The molecule has 0 saturated heterocycles. The van der Waals surface area contributed by atoms with Crippen molar-refractivity contribution in [3.8, 4) is 0 Å². The first-order chi connectivity index (χ1) is 9.95. The summed E-state index contributed by atoms with van der Waals surface area (Å²) in [5.41, 5.74) is 0.563. The second kappa shape index (κ2) is 6.17. The highest BCUT2D eigenvalue weighted by Gasteiger charge is 2.18. The fourth-order valence-corrected chi connectivity index (χ4v) is 1.72. The number of benzene rings is 1. The summed E-state index contributed by atoms with van der Waals surface area (Å²) in [6.45, 7) is 3.31. The fourth-order valence-electron chi connectivity index (χ4n) is 1.72. The van der Waals surface area contributed by atoms with Gasteiger partial charge in [-0.15, -0.1) is 0 Å². The Morgan fingerprint density at radius 3 is 2.67 bits per heavy atom. The molecule has 21 heavy (non-hydrogen) atoms. The van der Waals surface area contributed by atoms with E-state index in [9.17, 15) is 14.0 Å². The topological polar surface area (TPSA) is 84.2 Å². The molecule has 110 valence electrons. The van der Waals surface area contributed by atoms with E-state index in [1.807, 2.05) is 0 Å². The number of nitrogens with zero attached hydrogens (tertiary/aromatic N) is 1. The molecule has 6 nitrogen and oxygen atoms in total. The molecule has 1 aromatic heterocycles. The smallest absolute Gasteiger partial charge is 0.314 e. The number of rotatable bonds is 3. The van der Waals surface area contributed by atoms with Crippen LogP contribution in [-0.2, 0) is 9.59 Å². The van der Waals surface area contributed by atoms with Gasteiger partial charge < -0.3 is 9.84 Å². The van der Waals surface area contributed by atoms with E-state index in [0.29, 0.717) is 11.3 Å². The molecule has 0 spiro atoms. The van der Waals surface area contributed by atoms with Crippen LogP contribution in [0.15, 0.2) is 34.9 Å². The van der Waals surface area contributed by atoms with Crippen molar-refractivity contribution in [1.29, 1.82) is 0 Å². The van der Waals surface area contributed by atoms with Gasteiger partial charge in [0.15, 0.2) is 5.82 Å². The van der Waals surface area contributed by atoms with Gasteiger partial charge >= 0.3 is 11.8 Å². The van der Waals surface area contributed by atoms with E-state index in [-0.39, 0.29) is 5.82 Å². The van der Waals surface area contributed by atoms with E-state index in [0.717, 1.165) is 0 Å². The molecule has 0 aliphatic heterocycles. The lowest BCUT2D eigenvalue weighted by atomic mass is 10.1. The van der Waals surface area contributed by atoms with Crippen LogP contribution in [-0.4, -0.2) is 17.0 Å². The first-order valence-electron chi connectivity index (χ1n) is 6.26. The Morgan fingerprint density at radius 2 is 2.05 bits per heavy atom. The standard InChI is InChI=1S/C14H14FN3O3/c1-8-6-12(18-21-8)17-14(20)13(19)16-9(2)10-4-3-5-11(15)7-10/h3-7,9H,1-2H3,(H,16,19)(H,17,18,20). The molecule has 0 bridgehead atoms. The number of carbonyl (C=O) groups excluding carboxylic acids is 2. The van der Waals surface area contributed by atoms with Gasteiger partial charge in [0.25, 0.3) is 0 Å². The highest BCUT2D eigenvalue weighted by atomic mass is 19.1. The lowest BCUT2D eigenvalue weighted by Gasteiger charge is -2.13. The predicted octanol–water partition coefficient (Wildman–Crippen LogP) is 1.94. The number of carbonyl (C=O) groups is 2. The average molecular weight is 291 g/mol. The summed E-state index contributed by atoms with van der Waals surface area (Å²) in [4.78, 5) is 23.4. The molecule has 2 N–H and O–H groups in total. The summed E-state index contributed by atoms with van der Waals surface area (Å²) >= 11 is 0. The summed E-state index contributed by atoms with van der Waals surface area (Å²) < 4.78 is 17.9. The highest BCUT2D eigenvalue weighted by Crippen LogP contribution is 2.13. The molecule has 2 amide bonds. The van der Waals surface area contributed by atoms with Crippen molar-refractivity contribution in [2.75, 3.05) is 5.32 Å². The number of aromatic nitrogens is 1. The molecule has 0 fully saturated rings. The minimum absolute atomic E-state index is 0.158. The fraction of sp³-hybridized carbons (Fsp3) is 0.214. The summed E-state index contributed by atoms with van der Waals surface area (Å²) in [6.07, 6.45) is 0. The molecule has 0 aliphatic rings. The maximum absolute atomic E-state index is 13.1. The largest absolute Gasteiger partial charge is 0.360 e. The monoisotopic (exact) mass is 291 g/mol. The van der Waals surface area contributed by atoms with Crippen molar-refractivity contribution >= 4 is 17.6 Å². The average Bonchev–Trinajstić information content (AvgIpc) is 2.84. The lowest BCUT2D eigenvalue weighted by Crippen LogP contribution is -2.37. The van der Waals surface area contributed by atoms with Crippen molar-refractivity contribution in [3.05, 3.63) is 47.5 Å². The van der Waals surface area contributed by atoms with Crippen LogP contribution in [0.25, 0.3) is 0 Å². The molecule has 1 atom stereocenters. The third-order valence-electron chi connectivity index (χ3n) is 2.77. The Kier molecular flexibility index (Phi) is 4.32. The predicted molar refractivity (Wildman–Crippen MR) is 72.8 cm³/mol. The van der Waals surface area contributed by atoms with Crippen LogP contribution in [0.1, 0.15) is 24.3 Å². The summed E-state index contributed by atoms with van der Waals surface area (Å²) in [5.74, 6) is -1.44. The van der Waals surface area contributed by atoms with E-state index >= 15 is 0 Å². The Hall–Kier alpha value is -2.70. The lowest BCUT2D eigenvalue weighted by molar-refractivity contribution is -0.136. The molecule has 0 aliphatic carbocycles. The second-order valence-corrected chi connectivity index (χ2v) is 4.53. The van der Waals surface area contributed by atoms with Crippen molar-refractivity contribution in [2.24, 2.45) is 0 Å². The quantitative estimate of drug-likeness (QED) is 0.846. The van der Waals surface area contributed by atoms with Gasteiger partial charge in [-0.25, -0.2) is 4.39 Å². The summed E-state index contributed by atoms with van der Waals surface area (Å²) in [7, 11) is 0. The number of aryl methyl sites for hydroxylation is 1. The molecule has 2 rings (SSSR count). The van der Waals surface area contributed by atoms with Crippen molar-refractivity contribution < 1.29 is 18.5 Å². The number of anilines is 1. The van der Waals surface area contributed by atoms with E-state index in [1.165, 1.54) is 24.3 Å². The van der Waals surface area contributed by atoms with Gasteiger partial charge in [-0.1, -0.05) is 17.3 Å². The zero-order valence-corrected chi connectivity index (χ0v) is 11.5. The first kappa shape index (κ1) is 14.7. The number of hydrogen-bond donors (Lipinski definition) is 2. The minimum atomic E-state index is -0.869. The molecule has 2 aromatic rings. The van der Waals surface area contributed by atoms with Crippen LogP contribution in [0, 0.1) is 12.7 Å². The minimum Gasteiger partial charge on any atom is -0.360 e. The zero-order chi connectivity index (χ0) is 15.4. The molecule has 1 heterocycles. The van der Waals surface area contributed by atoms with E-state index in [2.05, 4.69) is 15.8 Å². The number of hydrogen-bond acceptors (Lipinski definition) is 4. The molecule has 7 heteroatoms. The van der Waals surface area contributed by atoms with Crippen LogP contribution in [0.3, 0.4) is 0 Å². The Bertz CT molecular complexity index is 669. The Balaban J connectivity index is 1.95. The molecule has 1 aromatic carbocycles. The maximum atomic E-state index is 13.1. The van der Waals surface area contributed by atoms with Crippen molar-refractivity contribution in [2.45, 2.75) is 19.9 Å². The zero-order valence-electron chi connectivity index (χ0n) is 11.5. The Labute approximate surface area is 120 Å². The van der Waals surface area contributed by atoms with Gasteiger partial charge in [0.2, 0.25) is 0 Å². The number of nitrogens with one attached hydrogen (secondary N) is 2. The SMILES string of the molecule is Cc1cc(NC(=O)C(=O)NC(C)c2cccc(F)c2)no1. The van der Waals surface area contributed by atoms with Gasteiger partial charge in [0.05, 0.1) is 6.04 Å². The third kappa shape index (κ3) is 3.88. The first-order valence-corrected chi connectivity index (χ1v) is 6.26. The van der Waals surface area contributed by atoms with E-state index in [4.69, 9.17) is 4.52 Å². The van der Waals surface area contributed by atoms with E-state index < -0.39 is 23.7 Å². The van der Waals surface area contributed by atoms with Crippen LogP contribution >= 0.6 is 0 Å². The maximum Gasteiger partial charge on any atom is 0.314 e. The normalized spacial score (nSPS) is 11.8. The van der Waals surface area contributed by atoms with Gasteiger partial charge in [-0.05, 0) is 31.5 Å². The van der Waals surface area contributed by atoms with Crippen LogP contribution < -0.4 is 10.6 Å². The van der Waals surface area contributed by atoms with Crippen LogP contribution in [0.5, 0.6) is 0 Å². The number of amides is 2. The van der Waals surface area contributed by atoms with Crippen molar-refractivity contribution in [3.63, 3.8) is 0 Å². The molecule has 0 saturated carbocycles. The molecular weight excluding hydrogens is 277 g/mol. The Morgan fingerprint density at radius 1 is 1.29 bits per heavy atom. The summed E-state index contributed by atoms with van der Waals surface area (Å²) in [6, 6.07) is 6.78. The van der Waals surface area contributed by atoms with Crippen LogP contribution in [0.2, 0.25) is 0 Å². The molecule has 0 radical (unpaired) electrons. The highest BCUT2D eigenvalue weighted by molar-refractivity contribution is 6.39. The van der Waals surface area contributed by atoms with Crippen molar-refractivity contribution in [1.82, 2.24) is 10.5 Å². The molecule has 1 unspecified atom stereocenters. The van der Waals surface area contributed by atoms with Gasteiger partial charge in [-0.2, -0.15) is 0 Å². The molecular formula is C14H14FN3O3. The van der Waals surface area contributed by atoms with Gasteiger partial charge in [-0.3, -0.25) is 14.9 Å². The van der Waals surface area contributed by atoms with Gasteiger partial charge in [0.1, 0.15) is 11.6 Å². The second-order valence-electron chi connectivity index (χ2n) is 4.53. The van der Waals surface area contributed by atoms with Crippen LogP contribution in [0.4, 0.5) is 10.2 Å². The number of halogens is 1. The van der Waals surface area contributed by atoms with E-state index in [1.54, 1.807) is 19.9 Å².